The smallest absolute Gasteiger partial charge is 0.418 e. The molecule has 0 N–H and O–H groups in total. The summed E-state index contributed by atoms with van der Waals surface area (Å²) >= 11 is 3.46. The molecule has 0 atom stereocenters. The summed E-state index contributed by atoms with van der Waals surface area (Å²) in [5, 5.41) is 0.996. The first-order chi connectivity index (χ1) is 9.75. The SMILES string of the molecule is O=C(OCc1ccccc1)n1ccc2cccc(Br)c21. The number of hydrogen-bond donors (Lipinski definition) is 0. The van der Waals surface area contributed by atoms with Gasteiger partial charge in [-0.2, -0.15) is 0 Å². The number of aromatic nitrogens is 1. The molecule has 0 aliphatic heterocycles. The minimum absolute atomic E-state index is 0.268. The molecule has 2 aromatic carbocycles. The predicted molar refractivity (Wildman–Crippen MR) is 81.7 cm³/mol. The highest BCUT2D eigenvalue weighted by atomic mass is 79.9. The Morgan fingerprint density at radius 3 is 2.65 bits per heavy atom. The van der Waals surface area contributed by atoms with Crippen molar-refractivity contribution in [2.45, 2.75) is 6.61 Å². The molecule has 100 valence electrons. The first-order valence-corrected chi connectivity index (χ1v) is 7.01. The fourth-order valence-corrected chi connectivity index (χ4v) is 2.66. The highest BCUT2D eigenvalue weighted by Gasteiger charge is 2.12. The normalized spacial score (nSPS) is 10.7. The zero-order valence-corrected chi connectivity index (χ0v) is 12.2. The molecule has 3 rings (SSSR count). The van der Waals surface area contributed by atoms with Crippen molar-refractivity contribution in [2.24, 2.45) is 0 Å². The van der Waals surface area contributed by atoms with Crippen LogP contribution in [0.2, 0.25) is 0 Å². The zero-order chi connectivity index (χ0) is 13.9. The lowest BCUT2D eigenvalue weighted by molar-refractivity contribution is 0.142. The van der Waals surface area contributed by atoms with Crippen molar-refractivity contribution in [3.8, 4) is 0 Å². The summed E-state index contributed by atoms with van der Waals surface area (Å²) in [4.78, 5) is 12.2. The molecule has 0 bridgehead atoms. The van der Waals surface area contributed by atoms with E-state index in [0.29, 0.717) is 0 Å². The minimum atomic E-state index is -0.379. The Kier molecular flexibility index (Phi) is 3.56. The highest BCUT2D eigenvalue weighted by Crippen LogP contribution is 2.25. The number of carbonyl (C=O) groups is 1. The highest BCUT2D eigenvalue weighted by molar-refractivity contribution is 9.10. The maximum atomic E-state index is 12.2. The average molecular weight is 330 g/mol. The van der Waals surface area contributed by atoms with Crippen molar-refractivity contribution in [1.29, 1.82) is 0 Å². The molecule has 0 saturated carbocycles. The number of carbonyl (C=O) groups excluding carboxylic acids is 1. The van der Waals surface area contributed by atoms with Gasteiger partial charge in [-0.1, -0.05) is 42.5 Å². The molecule has 1 aromatic heterocycles. The Bertz CT molecular complexity index is 750. The Balaban J connectivity index is 1.83. The third-order valence-corrected chi connectivity index (χ3v) is 3.70. The van der Waals surface area contributed by atoms with E-state index < -0.39 is 0 Å². The quantitative estimate of drug-likeness (QED) is 0.688. The van der Waals surface area contributed by atoms with Gasteiger partial charge in [0.05, 0.1) is 5.52 Å². The summed E-state index contributed by atoms with van der Waals surface area (Å²) in [6, 6.07) is 17.3. The first-order valence-electron chi connectivity index (χ1n) is 6.22. The van der Waals surface area contributed by atoms with E-state index >= 15 is 0 Å². The van der Waals surface area contributed by atoms with Crippen molar-refractivity contribution >= 4 is 32.9 Å². The van der Waals surface area contributed by atoms with E-state index in [0.717, 1.165) is 20.9 Å². The van der Waals surface area contributed by atoms with E-state index in [4.69, 9.17) is 4.74 Å². The number of hydrogen-bond acceptors (Lipinski definition) is 2. The zero-order valence-electron chi connectivity index (χ0n) is 10.6. The van der Waals surface area contributed by atoms with Gasteiger partial charge in [-0.05, 0) is 33.6 Å². The largest absolute Gasteiger partial charge is 0.444 e. The predicted octanol–water partition coefficient (Wildman–Crippen LogP) is 4.59. The molecular weight excluding hydrogens is 318 g/mol. The lowest BCUT2D eigenvalue weighted by atomic mass is 10.2. The molecule has 0 unspecified atom stereocenters. The molecule has 3 aromatic rings. The van der Waals surface area contributed by atoms with Gasteiger partial charge in [-0.3, -0.25) is 4.57 Å². The van der Waals surface area contributed by atoms with Crippen LogP contribution in [0.3, 0.4) is 0 Å². The van der Waals surface area contributed by atoms with Crippen LogP contribution in [0, 0.1) is 0 Å². The van der Waals surface area contributed by atoms with E-state index in [1.807, 2.05) is 54.6 Å². The van der Waals surface area contributed by atoms with E-state index in [1.165, 1.54) is 4.57 Å². The van der Waals surface area contributed by atoms with Gasteiger partial charge in [0.15, 0.2) is 0 Å². The molecule has 0 spiro atoms. The maximum Gasteiger partial charge on any atom is 0.418 e. The molecule has 0 aliphatic rings. The number of para-hydroxylation sites is 1. The summed E-state index contributed by atoms with van der Waals surface area (Å²) in [6.07, 6.45) is 1.35. The third kappa shape index (κ3) is 2.47. The first kappa shape index (κ1) is 12.9. The molecule has 4 heteroatoms. The second-order valence-corrected chi connectivity index (χ2v) is 5.26. The van der Waals surface area contributed by atoms with Crippen LogP contribution in [0.5, 0.6) is 0 Å². The van der Waals surface area contributed by atoms with Crippen molar-refractivity contribution in [3.63, 3.8) is 0 Å². The number of rotatable bonds is 2. The fraction of sp³-hybridized carbons (Fsp3) is 0.0625. The topological polar surface area (TPSA) is 31.2 Å². The Morgan fingerprint density at radius 1 is 1.05 bits per heavy atom. The number of fused-ring (bicyclic) bond motifs is 1. The van der Waals surface area contributed by atoms with Crippen LogP contribution in [0.15, 0.2) is 65.3 Å². The summed E-state index contributed by atoms with van der Waals surface area (Å²) in [6.45, 7) is 0.268. The molecule has 20 heavy (non-hydrogen) atoms. The average Bonchev–Trinajstić information content (AvgIpc) is 2.91. The maximum absolute atomic E-state index is 12.2. The second kappa shape index (κ2) is 5.51. The number of ether oxygens (including phenoxy) is 1. The number of halogens is 1. The Morgan fingerprint density at radius 2 is 1.85 bits per heavy atom. The van der Waals surface area contributed by atoms with Gasteiger partial charge in [0, 0.05) is 16.1 Å². The second-order valence-electron chi connectivity index (χ2n) is 4.40. The molecule has 0 amide bonds. The van der Waals surface area contributed by atoms with Crippen molar-refractivity contribution < 1.29 is 9.53 Å². The Labute approximate surface area is 124 Å². The molecule has 0 radical (unpaired) electrons. The van der Waals surface area contributed by atoms with E-state index in [2.05, 4.69) is 15.9 Å². The van der Waals surface area contributed by atoms with Crippen molar-refractivity contribution in [2.75, 3.05) is 0 Å². The van der Waals surface area contributed by atoms with Crippen LogP contribution >= 0.6 is 15.9 Å². The van der Waals surface area contributed by atoms with Gasteiger partial charge in [0.25, 0.3) is 0 Å². The van der Waals surface area contributed by atoms with Crippen molar-refractivity contribution in [1.82, 2.24) is 4.57 Å². The van der Waals surface area contributed by atoms with Gasteiger partial charge in [-0.25, -0.2) is 4.79 Å². The van der Waals surface area contributed by atoms with Crippen LogP contribution in [-0.2, 0) is 11.3 Å². The van der Waals surface area contributed by atoms with Gasteiger partial charge in [0.2, 0.25) is 0 Å². The molecule has 0 fully saturated rings. The van der Waals surface area contributed by atoms with Gasteiger partial charge >= 0.3 is 6.09 Å². The van der Waals surface area contributed by atoms with Crippen LogP contribution in [0.1, 0.15) is 5.56 Å². The molecule has 3 nitrogen and oxygen atoms in total. The van der Waals surface area contributed by atoms with Crippen LogP contribution in [-0.4, -0.2) is 10.7 Å². The van der Waals surface area contributed by atoms with Gasteiger partial charge < -0.3 is 4.74 Å². The summed E-state index contributed by atoms with van der Waals surface area (Å²) in [7, 11) is 0. The van der Waals surface area contributed by atoms with Crippen LogP contribution in [0.25, 0.3) is 10.9 Å². The number of benzene rings is 2. The lowest BCUT2D eigenvalue weighted by Gasteiger charge is -2.07. The summed E-state index contributed by atoms with van der Waals surface area (Å²) < 4.78 is 7.73. The minimum Gasteiger partial charge on any atom is -0.444 e. The molecule has 1 heterocycles. The third-order valence-electron chi connectivity index (χ3n) is 3.06. The van der Waals surface area contributed by atoms with E-state index in [9.17, 15) is 4.79 Å². The molecular formula is C16H12BrNO2. The van der Waals surface area contributed by atoms with E-state index in [-0.39, 0.29) is 12.7 Å². The van der Waals surface area contributed by atoms with Gasteiger partial charge in [0.1, 0.15) is 6.61 Å². The molecule has 0 aliphatic carbocycles. The molecule has 0 saturated heterocycles. The monoisotopic (exact) mass is 329 g/mol. The van der Waals surface area contributed by atoms with Crippen LogP contribution < -0.4 is 0 Å². The van der Waals surface area contributed by atoms with Gasteiger partial charge in [-0.15, -0.1) is 0 Å². The standard InChI is InChI=1S/C16H12BrNO2/c17-14-8-4-7-13-9-10-18(15(13)14)16(19)20-11-12-5-2-1-3-6-12/h1-10H,11H2. The van der Waals surface area contributed by atoms with E-state index in [1.54, 1.807) is 6.20 Å². The van der Waals surface area contributed by atoms with Crippen molar-refractivity contribution in [3.05, 3.63) is 70.8 Å². The number of nitrogens with zero attached hydrogens (tertiary/aromatic N) is 1. The van der Waals surface area contributed by atoms with Crippen LogP contribution in [0.4, 0.5) is 4.79 Å². The Hall–Kier alpha value is -2.07. The summed E-state index contributed by atoms with van der Waals surface area (Å²) in [5.41, 5.74) is 1.79. The fourth-order valence-electron chi connectivity index (χ4n) is 2.09. The summed E-state index contributed by atoms with van der Waals surface area (Å²) in [5.74, 6) is 0. The lowest BCUT2D eigenvalue weighted by Crippen LogP contribution is -2.12.